The number of aliphatic hydroxyl groups is 1. The molecule has 1 saturated carbocycles. The third-order valence-electron chi connectivity index (χ3n) is 3.84. The molecule has 1 aromatic rings. The van der Waals surface area contributed by atoms with Gasteiger partial charge in [-0.15, -0.1) is 0 Å². The molecule has 1 N–H and O–H groups in total. The zero-order valence-electron chi connectivity index (χ0n) is 8.65. The normalized spacial score (nSPS) is 38.5. The van der Waals surface area contributed by atoms with E-state index in [9.17, 15) is 5.11 Å². The average molecular weight is 205 g/mol. The second kappa shape index (κ2) is 3.03. The number of fused-ring (bicyclic) bond motifs is 2. The predicted octanol–water partition coefficient (Wildman–Crippen LogP) is 1.12. The van der Waals surface area contributed by atoms with Crippen molar-refractivity contribution in [3.8, 4) is 0 Å². The second-order valence-electron chi connectivity index (χ2n) is 5.02. The van der Waals surface area contributed by atoms with Gasteiger partial charge in [0, 0.05) is 23.2 Å². The van der Waals surface area contributed by atoms with Crippen LogP contribution < -0.4 is 0 Å². The lowest BCUT2D eigenvalue weighted by Crippen LogP contribution is -2.60. The summed E-state index contributed by atoms with van der Waals surface area (Å²) >= 11 is 0. The van der Waals surface area contributed by atoms with Crippen LogP contribution in [0.4, 0.5) is 0 Å². The average Bonchev–Trinajstić information content (AvgIpc) is 2.29. The van der Waals surface area contributed by atoms with E-state index in [1.165, 1.54) is 5.56 Å². The molecule has 3 fully saturated rings. The van der Waals surface area contributed by atoms with Crippen LogP contribution in [-0.4, -0.2) is 29.9 Å². The molecule has 3 heterocycles. The van der Waals surface area contributed by atoms with Crippen molar-refractivity contribution in [2.24, 2.45) is 5.41 Å². The molecule has 2 aliphatic heterocycles. The molecule has 3 heteroatoms. The molecule has 2 saturated heterocycles. The molecule has 4 rings (SSSR count). The monoisotopic (exact) mass is 205 g/mol. The summed E-state index contributed by atoms with van der Waals surface area (Å²) in [5.41, 5.74) is 1.51. The van der Waals surface area contributed by atoms with Gasteiger partial charge in [0.2, 0.25) is 0 Å². The molecule has 3 nitrogen and oxygen atoms in total. The summed E-state index contributed by atoms with van der Waals surface area (Å²) in [6, 6.07) is 4.13. The van der Waals surface area contributed by atoms with Gasteiger partial charge in [-0.25, -0.2) is 0 Å². The van der Waals surface area contributed by atoms with Crippen molar-refractivity contribution in [1.29, 1.82) is 0 Å². The Kier molecular flexibility index (Phi) is 1.88. The SMILES string of the molecule is OCC12COCC(c3ccncc3)(C1)C2. The lowest BCUT2D eigenvalue weighted by molar-refractivity contribution is -0.170. The molecule has 0 spiro atoms. The van der Waals surface area contributed by atoms with Crippen molar-refractivity contribution in [1.82, 2.24) is 4.98 Å². The number of hydrogen-bond donors (Lipinski definition) is 1. The third-order valence-corrected chi connectivity index (χ3v) is 3.84. The van der Waals surface area contributed by atoms with E-state index in [1.54, 1.807) is 0 Å². The van der Waals surface area contributed by atoms with E-state index in [-0.39, 0.29) is 17.4 Å². The highest BCUT2D eigenvalue weighted by molar-refractivity contribution is 5.30. The zero-order valence-corrected chi connectivity index (χ0v) is 8.65. The van der Waals surface area contributed by atoms with Gasteiger partial charge in [-0.1, -0.05) is 0 Å². The lowest BCUT2D eigenvalue weighted by Gasteiger charge is -2.59. The van der Waals surface area contributed by atoms with Crippen molar-refractivity contribution in [2.75, 3.05) is 19.8 Å². The number of ether oxygens (including phenoxy) is 1. The molecule has 2 bridgehead atoms. The van der Waals surface area contributed by atoms with Gasteiger partial charge in [-0.3, -0.25) is 4.98 Å². The van der Waals surface area contributed by atoms with Crippen LogP contribution in [0.3, 0.4) is 0 Å². The Morgan fingerprint density at radius 1 is 1.27 bits per heavy atom. The van der Waals surface area contributed by atoms with Gasteiger partial charge in [0.05, 0.1) is 19.8 Å². The highest BCUT2D eigenvalue weighted by Crippen LogP contribution is 2.58. The van der Waals surface area contributed by atoms with Gasteiger partial charge in [0.15, 0.2) is 0 Å². The fourth-order valence-electron chi connectivity index (χ4n) is 3.20. The van der Waals surface area contributed by atoms with E-state index < -0.39 is 0 Å². The molecule has 0 amide bonds. The zero-order chi connectivity index (χ0) is 10.4. The van der Waals surface area contributed by atoms with Gasteiger partial charge in [-0.2, -0.15) is 0 Å². The molecule has 0 atom stereocenters. The molecular formula is C12H15NO2. The van der Waals surface area contributed by atoms with Crippen LogP contribution in [0.2, 0.25) is 0 Å². The van der Waals surface area contributed by atoms with Crippen molar-refractivity contribution < 1.29 is 9.84 Å². The standard InChI is InChI=1S/C12H15NO2/c14-7-11-5-12(6-11,9-15-8-11)10-1-3-13-4-2-10/h1-4,14H,5-9H2. The minimum absolute atomic E-state index is 0.0432. The molecule has 0 unspecified atom stereocenters. The van der Waals surface area contributed by atoms with Gasteiger partial charge in [0.1, 0.15) is 0 Å². The Labute approximate surface area is 89.1 Å². The number of aliphatic hydroxyl groups excluding tert-OH is 1. The number of aromatic nitrogens is 1. The Bertz CT molecular complexity index is 357. The summed E-state index contributed by atoms with van der Waals surface area (Å²) in [7, 11) is 0. The predicted molar refractivity (Wildman–Crippen MR) is 55.5 cm³/mol. The van der Waals surface area contributed by atoms with Crippen LogP contribution in [0.5, 0.6) is 0 Å². The first kappa shape index (κ1) is 9.31. The maximum Gasteiger partial charge on any atom is 0.0563 e. The number of nitrogens with zero attached hydrogens (tertiary/aromatic N) is 1. The van der Waals surface area contributed by atoms with E-state index >= 15 is 0 Å². The van der Waals surface area contributed by atoms with Crippen molar-refractivity contribution in [3.63, 3.8) is 0 Å². The number of pyridine rings is 1. The summed E-state index contributed by atoms with van der Waals surface area (Å²) in [6.45, 7) is 1.76. The Morgan fingerprint density at radius 2 is 2.00 bits per heavy atom. The molecule has 3 aliphatic rings. The Balaban J connectivity index is 1.89. The maximum atomic E-state index is 9.36. The topological polar surface area (TPSA) is 42.4 Å². The number of hydrogen-bond acceptors (Lipinski definition) is 3. The van der Waals surface area contributed by atoms with Crippen molar-refractivity contribution in [2.45, 2.75) is 18.3 Å². The summed E-state index contributed by atoms with van der Waals surface area (Å²) < 4.78 is 5.60. The van der Waals surface area contributed by atoms with Gasteiger partial charge >= 0.3 is 0 Å². The summed E-state index contributed by atoms with van der Waals surface area (Å²) in [4.78, 5) is 4.04. The maximum absolute atomic E-state index is 9.36. The fraction of sp³-hybridized carbons (Fsp3) is 0.583. The quantitative estimate of drug-likeness (QED) is 0.786. The summed E-state index contributed by atoms with van der Waals surface area (Å²) in [5, 5.41) is 9.36. The van der Waals surface area contributed by atoms with Crippen LogP contribution in [0, 0.1) is 5.41 Å². The molecule has 1 aromatic heterocycles. The van der Waals surface area contributed by atoms with Crippen LogP contribution >= 0.6 is 0 Å². The molecule has 0 aromatic carbocycles. The van der Waals surface area contributed by atoms with Crippen LogP contribution in [0.15, 0.2) is 24.5 Å². The minimum atomic E-state index is 0.0432. The third kappa shape index (κ3) is 1.23. The number of rotatable bonds is 2. The van der Waals surface area contributed by atoms with Gasteiger partial charge in [-0.05, 0) is 30.5 Å². The smallest absolute Gasteiger partial charge is 0.0563 e. The fourth-order valence-corrected chi connectivity index (χ4v) is 3.20. The van der Waals surface area contributed by atoms with E-state index in [0.29, 0.717) is 0 Å². The van der Waals surface area contributed by atoms with Crippen LogP contribution in [0.1, 0.15) is 18.4 Å². The van der Waals surface area contributed by atoms with E-state index in [1.807, 2.05) is 12.4 Å². The van der Waals surface area contributed by atoms with E-state index in [0.717, 1.165) is 26.1 Å². The van der Waals surface area contributed by atoms with Crippen LogP contribution in [0.25, 0.3) is 0 Å². The first-order valence-electron chi connectivity index (χ1n) is 5.38. The minimum Gasteiger partial charge on any atom is -0.396 e. The Hall–Kier alpha value is -0.930. The van der Waals surface area contributed by atoms with E-state index in [4.69, 9.17) is 4.74 Å². The second-order valence-corrected chi connectivity index (χ2v) is 5.02. The molecule has 80 valence electrons. The first-order chi connectivity index (χ1) is 7.29. The Morgan fingerprint density at radius 3 is 2.67 bits per heavy atom. The highest BCUT2D eigenvalue weighted by Gasteiger charge is 2.58. The highest BCUT2D eigenvalue weighted by atomic mass is 16.5. The lowest BCUT2D eigenvalue weighted by atomic mass is 9.50. The van der Waals surface area contributed by atoms with Crippen LogP contribution in [-0.2, 0) is 10.2 Å². The van der Waals surface area contributed by atoms with E-state index in [2.05, 4.69) is 17.1 Å². The van der Waals surface area contributed by atoms with Gasteiger partial charge in [0.25, 0.3) is 0 Å². The molecule has 15 heavy (non-hydrogen) atoms. The summed E-state index contributed by atoms with van der Waals surface area (Å²) in [5.74, 6) is 0. The molecule has 1 aliphatic carbocycles. The first-order valence-corrected chi connectivity index (χ1v) is 5.38. The molecular weight excluding hydrogens is 190 g/mol. The summed E-state index contributed by atoms with van der Waals surface area (Å²) in [6.07, 6.45) is 5.77. The van der Waals surface area contributed by atoms with Crippen molar-refractivity contribution >= 4 is 0 Å². The van der Waals surface area contributed by atoms with Crippen molar-refractivity contribution in [3.05, 3.63) is 30.1 Å². The van der Waals surface area contributed by atoms with Gasteiger partial charge < -0.3 is 9.84 Å². The largest absolute Gasteiger partial charge is 0.396 e. The molecule has 0 radical (unpaired) electrons.